The van der Waals surface area contributed by atoms with Crippen LogP contribution in [0.25, 0.3) is 0 Å². The number of benzene rings is 1. The molecule has 0 amide bonds. The molecule has 0 unspecified atom stereocenters. The van der Waals surface area contributed by atoms with Crippen molar-refractivity contribution in [1.82, 2.24) is 9.88 Å². The van der Waals surface area contributed by atoms with Crippen molar-refractivity contribution in [1.29, 1.82) is 0 Å². The highest BCUT2D eigenvalue weighted by atomic mass is 15.1. The van der Waals surface area contributed by atoms with Gasteiger partial charge in [-0.2, -0.15) is 0 Å². The quantitative estimate of drug-likeness (QED) is 0.795. The van der Waals surface area contributed by atoms with E-state index in [-0.39, 0.29) is 0 Å². The van der Waals surface area contributed by atoms with Gasteiger partial charge < -0.3 is 0 Å². The van der Waals surface area contributed by atoms with Crippen LogP contribution >= 0.6 is 0 Å². The molecular formula is C15H17N2. The summed E-state index contributed by atoms with van der Waals surface area (Å²) in [4.78, 5) is 6.39. The summed E-state index contributed by atoms with van der Waals surface area (Å²) in [6.45, 7) is 5.74. The molecule has 1 heterocycles. The molecule has 1 radical (unpaired) electrons. The van der Waals surface area contributed by atoms with Gasteiger partial charge in [-0.05, 0) is 36.7 Å². The molecule has 0 aliphatic carbocycles. The standard InChI is InChI=1S/C15H17N2/c1-13-5-7-14(8-6-13)11-17(2)12-15-4-3-9-16-10-15/h3-10H,1,11-12H2,2H3. The first-order valence-electron chi connectivity index (χ1n) is 5.72. The Balaban J connectivity index is 1.93. The fraction of sp³-hybridized carbons (Fsp3) is 0.200. The Labute approximate surface area is 103 Å². The van der Waals surface area contributed by atoms with Crippen molar-refractivity contribution in [2.75, 3.05) is 7.05 Å². The van der Waals surface area contributed by atoms with Crippen molar-refractivity contribution < 1.29 is 0 Å². The normalized spacial score (nSPS) is 10.8. The SMILES string of the molecule is [CH2]c1ccc(CN(C)Cc2cccnc2)cc1. The summed E-state index contributed by atoms with van der Waals surface area (Å²) in [5, 5.41) is 0. The minimum absolute atomic E-state index is 0.917. The smallest absolute Gasteiger partial charge is 0.0312 e. The van der Waals surface area contributed by atoms with Crippen molar-refractivity contribution in [2.45, 2.75) is 13.1 Å². The fourth-order valence-electron chi connectivity index (χ4n) is 1.82. The highest BCUT2D eigenvalue weighted by molar-refractivity contribution is 5.24. The van der Waals surface area contributed by atoms with E-state index >= 15 is 0 Å². The van der Waals surface area contributed by atoms with Gasteiger partial charge in [0, 0.05) is 25.5 Å². The van der Waals surface area contributed by atoms with Gasteiger partial charge in [-0.1, -0.05) is 30.3 Å². The average molecular weight is 225 g/mol. The molecule has 0 atom stereocenters. The third-order valence-corrected chi connectivity index (χ3v) is 2.65. The Hall–Kier alpha value is -1.67. The Morgan fingerprint density at radius 2 is 1.76 bits per heavy atom. The largest absolute Gasteiger partial charge is 0.298 e. The minimum Gasteiger partial charge on any atom is -0.298 e. The van der Waals surface area contributed by atoms with E-state index in [1.54, 1.807) is 6.20 Å². The van der Waals surface area contributed by atoms with Gasteiger partial charge >= 0.3 is 0 Å². The first-order valence-corrected chi connectivity index (χ1v) is 5.72. The molecule has 0 spiro atoms. The number of nitrogens with zero attached hydrogens (tertiary/aromatic N) is 2. The van der Waals surface area contributed by atoms with Crippen molar-refractivity contribution in [3.8, 4) is 0 Å². The van der Waals surface area contributed by atoms with Crippen LogP contribution in [0.1, 0.15) is 16.7 Å². The molecule has 2 nitrogen and oxygen atoms in total. The summed E-state index contributed by atoms with van der Waals surface area (Å²) in [7, 11) is 2.12. The zero-order valence-corrected chi connectivity index (χ0v) is 10.1. The Morgan fingerprint density at radius 1 is 1.06 bits per heavy atom. The van der Waals surface area contributed by atoms with E-state index in [2.05, 4.69) is 42.1 Å². The molecule has 0 aliphatic rings. The zero-order valence-electron chi connectivity index (χ0n) is 10.1. The van der Waals surface area contributed by atoms with Crippen molar-refractivity contribution in [2.24, 2.45) is 0 Å². The lowest BCUT2D eigenvalue weighted by molar-refractivity contribution is 0.318. The fourth-order valence-corrected chi connectivity index (χ4v) is 1.82. The summed E-state index contributed by atoms with van der Waals surface area (Å²) in [5.74, 6) is 0. The molecule has 2 aromatic rings. The lowest BCUT2D eigenvalue weighted by Crippen LogP contribution is -2.17. The number of hydrogen-bond donors (Lipinski definition) is 0. The summed E-state index contributed by atoms with van der Waals surface area (Å²) >= 11 is 0. The second-order valence-corrected chi connectivity index (χ2v) is 4.35. The second-order valence-electron chi connectivity index (χ2n) is 4.35. The van der Waals surface area contributed by atoms with Gasteiger partial charge in [0.1, 0.15) is 0 Å². The van der Waals surface area contributed by atoms with E-state index < -0.39 is 0 Å². The molecule has 1 aromatic heterocycles. The van der Waals surface area contributed by atoms with Crippen LogP contribution in [-0.4, -0.2) is 16.9 Å². The van der Waals surface area contributed by atoms with Crippen LogP contribution in [0.15, 0.2) is 48.8 Å². The van der Waals surface area contributed by atoms with Gasteiger partial charge in [-0.3, -0.25) is 9.88 Å². The van der Waals surface area contributed by atoms with Gasteiger partial charge in [0.15, 0.2) is 0 Å². The third kappa shape index (κ3) is 3.68. The van der Waals surface area contributed by atoms with Crippen molar-refractivity contribution in [3.05, 3.63) is 72.4 Å². The molecule has 0 saturated carbocycles. The molecule has 87 valence electrons. The van der Waals surface area contributed by atoms with Crippen molar-refractivity contribution >= 4 is 0 Å². The molecule has 0 fully saturated rings. The highest BCUT2D eigenvalue weighted by Gasteiger charge is 2.01. The predicted molar refractivity (Wildman–Crippen MR) is 70.3 cm³/mol. The molecular weight excluding hydrogens is 208 g/mol. The van der Waals surface area contributed by atoms with E-state index in [0.717, 1.165) is 18.7 Å². The molecule has 2 rings (SSSR count). The zero-order chi connectivity index (χ0) is 12.1. The van der Waals surface area contributed by atoms with E-state index in [1.807, 2.05) is 24.4 Å². The first-order chi connectivity index (χ1) is 8.24. The number of rotatable bonds is 4. The summed E-state index contributed by atoms with van der Waals surface area (Å²) < 4.78 is 0. The van der Waals surface area contributed by atoms with Gasteiger partial charge in [0.25, 0.3) is 0 Å². The van der Waals surface area contributed by atoms with E-state index in [9.17, 15) is 0 Å². The number of pyridine rings is 1. The minimum atomic E-state index is 0.917. The van der Waals surface area contributed by atoms with Gasteiger partial charge in [-0.25, -0.2) is 0 Å². The summed E-state index contributed by atoms with van der Waals surface area (Å²) in [6.07, 6.45) is 3.71. The van der Waals surface area contributed by atoms with Crippen LogP contribution in [0, 0.1) is 6.92 Å². The van der Waals surface area contributed by atoms with Gasteiger partial charge in [0.05, 0.1) is 0 Å². The molecule has 0 N–H and O–H groups in total. The van der Waals surface area contributed by atoms with Crippen LogP contribution in [0.5, 0.6) is 0 Å². The molecule has 17 heavy (non-hydrogen) atoms. The van der Waals surface area contributed by atoms with Gasteiger partial charge in [0.2, 0.25) is 0 Å². The van der Waals surface area contributed by atoms with Crippen LogP contribution in [0.2, 0.25) is 0 Å². The summed E-state index contributed by atoms with van der Waals surface area (Å²) in [6, 6.07) is 12.4. The number of hydrogen-bond acceptors (Lipinski definition) is 2. The van der Waals surface area contributed by atoms with Crippen LogP contribution in [-0.2, 0) is 13.1 Å². The van der Waals surface area contributed by atoms with E-state index in [4.69, 9.17) is 0 Å². The topological polar surface area (TPSA) is 16.1 Å². The maximum Gasteiger partial charge on any atom is 0.0312 e. The predicted octanol–water partition coefficient (Wildman–Crippen LogP) is 2.90. The molecule has 0 saturated heterocycles. The Bertz CT molecular complexity index is 448. The second kappa shape index (κ2) is 5.60. The molecule has 0 aliphatic heterocycles. The first kappa shape index (κ1) is 11.8. The van der Waals surface area contributed by atoms with Crippen LogP contribution in [0.4, 0.5) is 0 Å². The van der Waals surface area contributed by atoms with Crippen LogP contribution < -0.4 is 0 Å². The number of aromatic nitrogens is 1. The maximum absolute atomic E-state index is 4.12. The average Bonchev–Trinajstić information content (AvgIpc) is 2.33. The maximum atomic E-state index is 4.12. The van der Waals surface area contributed by atoms with Crippen molar-refractivity contribution in [3.63, 3.8) is 0 Å². The monoisotopic (exact) mass is 225 g/mol. The van der Waals surface area contributed by atoms with Gasteiger partial charge in [-0.15, -0.1) is 0 Å². The lowest BCUT2D eigenvalue weighted by atomic mass is 10.1. The lowest BCUT2D eigenvalue weighted by Gasteiger charge is -2.16. The molecule has 2 heteroatoms. The molecule has 1 aromatic carbocycles. The molecule has 0 bridgehead atoms. The Kier molecular flexibility index (Phi) is 3.89. The summed E-state index contributed by atoms with van der Waals surface area (Å²) in [5.41, 5.74) is 3.61. The van der Waals surface area contributed by atoms with E-state index in [0.29, 0.717) is 0 Å². The van der Waals surface area contributed by atoms with E-state index in [1.165, 1.54) is 11.1 Å². The van der Waals surface area contributed by atoms with Crippen LogP contribution in [0.3, 0.4) is 0 Å². The highest BCUT2D eigenvalue weighted by Crippen LogP contribution is 2.08. The third-order valence-electron chi connectivity index (χ3n) is 2.65. The Morgan fingerprint density at radius 3 is 2.41 bits per heavy atom.